The van der Waals surface area contributed by atoms with Crippen molar-refractivity contribution in [3.63, 3.8) is 0 Å². The molecule has 0 saturated heterocycles. The molecule has 0 aromatic heterocycles. The van der Waals surface area contributed by atoms with Gasteiger partial charge in [0.05, 0.1) is 11.7 Å². The molecule has 1 atom stereocenters. The van der Waals surface area contributed by atoms with Crippen LogP contribution in [0.4, 0.5) is 5.69 Å². The summed E-state index contributed by atoms with van der Waals surface area (Å²) in [6.07, 6.45) is 0. The number of nitrogens with one attached hydrogen (secondary N) is 3. The molecule has 118 valence electrons. The molecule has 0 spiro atoms. The van der Waals surface area contributed by atoms with E-state index in [4.69, 9.17) is 0 Å². The van der Waals surface area contributed by atoms with Gasteiger partial charge in [-0.2, -0.15) is 4.72 Å². The van der Waals surface area contributed by atoms with Gasteiger partial charge < -0.3 is 10.6 Å². The standard InChI is InChI=1S/C14H23N3O3S/c1-5-15-12-8-6-7-9-13(12)21(19,20)17-11(4)14(18)16-10(2)3/h6-11,15,17H,5H2,1-4H3,(H,16,18). The maximum absolute atomic E-state index is 12.4. The van der Waals surface area contributed by atoms with Crippen LogP contribution in [-0.4, -0.2) is 33.0 Å². The fraction of sp³-hybridized carbons (Fsp3) is 0.500. The summed E-state index contributed by atoms with van der Waals surface area (Å²) < 4.78 is 27.2. The second-order valence-electron chi connectivity index (χ2n) is 5.03. The Morgan fingerprint density at radius 2 is 1.81 bits per heavy atom. The summed E-state index contributed by atoms with van der Waals surface area (Å²) in [4.78, 5) is 12.0. The minimum absolute atomic E-state index is 0.0431. The highest BCUT2D eigenvalue weighted by Gasteiger charge is 2.24. The lowest BCUT2D eigenvalue weighted by molar-refractivity contribution is -0.122. The summed E-state index contributed by atoms with van der Waals surface area (Å²) in [6.45, 7) is 7.65. The van der Waals surface area contributed by atoms with Crippen molar-refractivity contribution in [3.05, 3.63) is 24.3 Å². The van der Waals surface area contributed by atoms with Crippen molar-refractivity contribution in [1.82, 2.24) is 10.0 Å². The van der Waals surface area contributed by atoms with Gasteiger partial charge in [0.1, 0.15) is 4.90 Å². The molecule has 7 heteroatoms. The van der Waals surface area contributed by atoms with E-state index in [1.165, 1.54) is 13.0 Å². The molecule has 3 N–H and O–H groups in total. The van der Waals surface area contributed by atoms with Gasteiger partial charge in [-0.25, -0.2) is 8.42 Å². The van der Waals surface area contributed by atoms with Crippen molar-refractivity contribution in [1.29, 1.82) is 0 Å². The summed E-state index contributed by atoms with van der Waals surface area (Å²) >= 11 is 0. The predicted molar refractivity (Wildman–Crippen MR) is 83.7 cm³/mol. The zero-order valence-corrected chi connectivity index (χ0v) is 13.6. The van der Waals surface area contributed by atoms with Crippen LogP contribution in [0.1, 0.15) is 27.7 Å². The van der Waals surface area contributed by atoms with Crippen LogP contribution in [-0.2, 0) is 14.8 Å². The third kappa shape index (κ3) is 5.02. The van der Waals surface area contributed by atoms with Gasteiger partial charge in [-0.05, 0) is 39.8 Å². The maximum Gasteiger partial charge on any atom is 0.243 e. The molecule has 0 heterocycles. The highest BCUT2D eigenvalue weighted by molar-refractivity contribution is 7.89. The first-order valence-electron chi connectivity index (χ1n) is 6.93. The third-order valence-electron chi connectivity index (χ3n) is 2.70. The highest BCUT2D eigenvalue weighted by atomic mass is 32.2. The van der Waals surface area contributed by atoms with Crippen molar-refractivity contribution in [3.8, 4) is 0 Å². The van der Waals surface area contributed by atoms with Gasteiger partial charge in [-0.3, -0.25) is 4.79 Å². The molecule has 0 aliphatic rings. The average molecular weight is 313 g/mol. The van der Waals surface area contributed by atoms with Gasteiger partial charge in [0.15, 0.2) is 0 Å². The lowest BCUT2D eigenvalue weighted by atomic mass is 10.3. The van der Waals surface area contributed by atoms with E-state index in [1.807, 2.05) is 20.8 Å². The summed E-state index contributed by atoms with van der Waals surface area (Å²) in [5.41, 5.74) is 0.518. The van der Waals surface area contributed by atoms with E-state index in [0.717, 1.165) is 0 Å². The topological polar surface area (TPSA) is 87.3 Å². The second-order valence-corrected chi connectivity index (χ2v) is 6.72. The minimum atomic E-state index is -3.77. The number of rotatable bonds is 7. The number of amides is 1. The largest absolute Gasteiger partial charge is 0.384 e. The van der Waals surface area contributed by atoms with Crippen LogP contribution in [0.2, 0.25) is 0 Å². The van der Waals surface area contributed by atoms with Crippen LogP contribution in [0.15, 0.2) is 29.2 Å². The van der Waals surface area contributed by atoms with Gasteiger partial charge in [-0.1, -0.05) is 12.1 Å². The zero-order chi connectivity index (χ0) is 16.0. The van der Waals surface area contributed by atoms with Crippen molar-refractivity contribution >= 4 is 21.6 Å². The number of carbonyl (C=O) groups is 1. The van der Waals surface area contributed by atoms with Crippen molar-refractivity contribution in [2.24, 2.45) is 0 Å². The molecule has 0 saturated carbocycles. The van der Waals surface area contributed by atoms with Crippen molar-refractivity contribution in [2.75, 3.05) is 11.9 Å². The van der Waals surface area contributed by atoms with Crippen LogP contribution in [0.5, 0.6) is 0 Å². The fourth-order valence-corrected chi connectivity index (χ4v) is 3.18. The van der Waals surface area contributed by atoms with Crippen LogP contribution in [0.3, 0.4) is 0 Å². The van der Waals surface area contributed by atoms with Crippen molar-refractivity contribution in [2.45, 2.75) is 44.7 Å². The van der Waals surface area contributed by atoms with Gasteiger partial charge in [-0.15, -0.1) is 0 Å². The smallest absolute Gasteiger partial charge is 0.243 e. The molecule has 1 rings (SSSR count). The van der Waals surface area contributed by atoms with Crippen LogP contribution in [0.25, 0.3) is 0 Å². The van der Waals surface area contributed by atoms with E-state index in [-0.39, 0.29) is 16.8 Å². The minimum Gasteiger partial charge on any atom is -0.384 e. The highest BCUT2D eigenvalue weighted by Crippen LogP contribution is 2.20. The van der Waals surface area contributed by atoms with E-state index < -0.39 is 16.1 Å². The monoisotopic (exact) mass is 313 g/mol. The molecule has 1 unspecified atom stereocenters. The van der Waals surface area contributed by atoms with E-state index in [0.29, 0.717) is 12.2 Å². The molecule has 21 heavy (non-hydrogen) atoms. The maximum atomic E-state index is 12.4. The summed E-state index contributed by atoms with van der Waals surface area (Å²) in [5.74, 6) is -0.352. The Hall–Kier alpha value is -1.60. The first-order valence-corrected chi connectivity index (χ1v) is 8.41. The normalized spacial score (nSPS) is 13.0. The molecule has 6 nitrogen and oxygen atoms in total. The molecule has 0 bridgehead atoms. The van der Waals surface area contributed by atoms with Gasteiger partial charge in [0, 0.05) is 12.6 Å². The summed E-state index contributed by atoms with van der Waals surface area (Å²) in [6, 6.07) is 5.72. The fourth-order valence-electron chi connectivity index (χ4n) is 1.80. The predicted octanol–water partition coefficient (Wildman–Crippen LogP) is 1.31. The summed E-state index contributed by atoms with van der Waals surface area (Å²) in [5, 5.41) is 5.67. The molecule has 1 amide bonds. The molecular formula is C14H23N3O3S. The van der Waals surface area contributed by atoms with Crippen molar-refractivity contribution < 1.29 is 13.2 Å². The van der Waals surface area contributed by atoms with E-state index in [1.54, 1.807) is 18.2 Å². The Kier molecular flexibility index (Phi) is 6.17. The van der Waals surface area contributed by atoms with Gasteiger partial charge in [0.2, 0.25) is 15.9 Å². The molecule has 1 aromatic carbocycles. The number of hydrogen-bond acceptors (Lipinski definition) is 4. The Bertz CT molecular complexity index is 585. The second kappa shape index (κ2) is 7.42. The Morgan fingerprint density at radius 3 is 2.38 bits per heavy atom. The molecule has 1 aromatic rings. The quantitative estimate of drug-likeness (QED) is 0.708. The lowest BCUT2D eigenvalue weighted by Crippen LogP contribution is -2.46. The number of anilines is 1. The van der Waals surface area contributed by atoms with Gasteiger partial charge in [0.25, 0.3) is 0 Å². The number of sulfonamides is 1. The molecule has 0 fully saturated rings. The molecular weight excluding hydrogens is 290 g/mol. The van der Waals surface area contributed by atoms with E-state index >= 15 is 0 Å². The van der Waals surface area contributed by atoms with Crippen LogP contribution in [0, 0.1) is 0 Å². The molecule has 0 aliphatic heterocycles. The summed E-state index contributed by atoms with van der Waals surface area (Å²) in [7, 11) is -3.77. The first kappa shape index (κ1) is 17.5. The Morgan fingerprint density at radius 1 is 1.19 bits per heavy atom. The molecule has 0 radical (unpaired) electrons. The van der Waals surface area contributed by atoms with E-state index in [2.05, 4.69) is 15.4 Å². The Balaban J connectivity index is 2.94. The Labute approximate surface area is 126 Å². The number of para-hydroxylation sites is 1. The average Bonchev–Trinajstić information content (AvgIpc) is 2.38. The third-order valence-corrected chi connectivity index (χ3v) is 4.30. The van der Waals surface area contributed by atoms with Crippen LogP contribution >= 0.6 is 0 Å². The number of hydrogen-bond donors (Lipinski definition) is 3. The van der Waals surface area contributed by atoms with Crippen LogP contribution < -0.4 is 15.4 Å². The number of benzene rings is 1. The zero-order valence-electron chi connectivity index (χ0n) is 12.8. The van der Waals surface area contributed by atoms with Gasteiger partial charge >= 0.3 is 0 Å². The first-order chi connectivity index (χ1) is 9.77. The molecule has 0 aliphatic carbocycles. The SMILES string of the molecule is CCNc1ccccc1S(=O)(=O)NC(C)C(=O)NC(C)C. The lowest BCUT2D eigenvalue weighted by Gasteiger charge is -2.17. The van der Waals surface area contributed by atoms with E-state index in [9.17, 15) is 13.2 Å². The number of carbonyl (C=O) groups excluding carboxylic acids is 1.